The molecule has 0 atom stereocenters. The highest BCUT2D eigenvalue weighted by molar-refractivity contribution is 9.10. The molecule has 0 amide bonds. The number of ether oxygens (including phenoxy) is 1. The van der Waals surface area contributed by atoms with Gasteiger partial charge >= 0.3 is 0 Å². The van der Waals surface area contributed by atoms with Crippen LogP contribution < -0.4 is 0 Å². The summed E-state index contributed by atoms with van der Waals surface area (Å²) in [5.74, 6) is 1.43. The van der Waals surface area contributed by atoms with E-state index in [9.17, 15) is 0 Å². The summed E-state index contributed by atoms with van der Waals surface area (Å²) in [7, 11) is 0. The van der Waals surface area contributed by atoms with Gasteiger partial charge in [-0.2, -0.15) is 0 Å². The van der Waals surface area contributed by atoms with Crippen LogP contribution in [0, 0.1) is 4.77 Å². The minimum atomic E-state index is 0.649. The van der Waals surface area contributed by atoms with Crippen molar-refractivity contribution in [3.05, 3.63) is 57.5 Å². The Hall–Kier alpha value is -1.74. The van der Waals surface area contributed by atoms with Gasteiger partial charge in [-0.25, -0.2) is 4.68 Å². The minimum Gasteiger partial charge on any atom is -0.446 e. The maximum atomic E-state index is 5.75. The normalized spacial score (nSPS) is 15.4. The van der Waals surface area contributed by atoms with Crippen LogP contribution in [0.2, 0.25) is 0 Å². The molecule has 0 aliphatic carbocycles. The third-order valence-corrected chi connectivity index (χ3v) is 5.19. The zero-order valence-electron chi connectivity index (χ0n) is 14.2. The van der Waals surface area contributed by atoms with Crippen molar-refractivity contribution >= 4 is 28.1 Å². The Labute approximate surface area is 165 Å². The number of rotatable bonds is 5. The molecular weight excluding hydrogens is 416 g/mol. The highest BCUT2D eigenvalue weighted by Gasteiger charge is 2.19. The van der Waals surface area contributed by atoms with Gasteiger partial charge < -0.3 is 9.15 Å². The van der Waals surface area contributed by atoms with E-state index in [1.54, 1.807) is 0 Å². The molecule has 8 heteroatoms. The second-order valence-corrected chi connectivity index (χ2v) is 7.30. The quantitative estimate of drug-likeness (QED) is 0.571. The lowest BCUT2D eigenvalue weighted by Gasteiger charge is -2.26. The van der Waals surface area contributed by atoms with E-state index in [0.29, 0.717) is 28.4 Å². The smallest absolute Gasteiger partial charge is 0.199 e. The fraction of sp³-hybridized carbons (Fsp3) is 0.333. The third kappa shape index (κ3) is 3.83. The minimum absolute atomic E-state index is 0.649. The molecule has 1 aliphatic heterocycles. The van der Waals surface area contributed by atoms with Crippen LogP contribution in [-0.2, 0) is 18.0 Å². The van der Waals surface area contributed by atoms with Gasteiger partial charge in [-0.3, -0.25) is 9.47 Å². The van der Waals surface area contributed by atoms with E-state index in [-0.39, 0.29) is 0 Å². The number of halogens is 1. The zero-order chi connectivity index (χ0) is 17.9. The first-order valence-electron chi connectivity index (χ1n) is 8.48. The first-order chi connectivity index (χ1) is 12.7. The summed E-state index contributed by atoms with van der Waals surface area (Å²) in [6.07, 6.45) is 0. The van der Waals surface area contributed by atoms with Crippen LogP contribution in [0.25, 0.3) is 11.6 Å². The van der Waals surface area contributed by atoms with E-state index in [1.807, 2.05) is 39.6 Å². The molecule has 0 N–H and O–H groups in total. The largest absolute Gasteiger partial charge is 0.446 e. The first kappa shape index (κ1) is 17.7. The van der Waals surface area contributed by atoms with Gasteiger partial charge in [0.15, 0.2) is 21.0 Å². The molecule has 3 aromatic rings. The molecular formula is C18H19BrN4O2S. The van der Waals surface area contributed by atoms with Crippen molar-refractivity contribution in [3.63, 3.8) is 0 Å². The Morgan fingerprint density at radius 2 is 1.85 bits per heavy atom. The molecule has 136 valence electrons. The zero-order valence-corrected chi connectivity index (χ0v) is 16.6. The van der Waals surface area contributed by atoms with E-state index in [2.05, 4.69) is 33.0 Å². The van der Waals surface area contributed by atoms with Gasteiger partial charge in [0.1, 0.15) is 0 Å². The van der Waals surface area contributed by atoms with E-state index in [1.165, 1.54) is 5.56 Å². The van der Waals surface area contributed by atoms with Crippen molar-refractivity contribution in [1.29, 1.82) is 0 Å². The standard InChI is InChI=1S/C18H19BrN4O2S/c19-16-7-6-15(25-16)17-20-23(13-21-8-10-24-11-9-21)18(26)22(17)12-14-4-2-1-3-5-14/h1-7H,8-13H2. The van der Waals surface area contributed by atoms with Crippen molar-refractivity contribution in [3.8, 4) is 11.6 Å². The summed E-state index contributed by atoms with van der Waals surface area (Å²) in [6, 6.07) is 14.0. The fourth-order valence-electron chi connectivity index (χ4n) is 2.99. The predicted octanol–water partition coefficient (Wildman–Crippen LogP) is 3.77. The molecule has 2 aromatic heterocycles. The van der Waals surface area contributed by atoms with Crippen LogP contribution in [0.5, 0.6) is 0 Å². The Bertz CT molecular complexity index is 928. The van der Waals surface area contributed by atoms with Gasteiger partial charge in [-0.15, -0.1) is 5.10 Å². The lowest BCUT2D eigenvalue weighted by atomic mass is 10.2. The van der Waals surface area contributed by atoms with Gasteiger partial charge in [0, 0.05) is 13.1 Å². The SMILES string of the molecule is S=c1n(CN2CCOCC2)nc(-c2ccc(Br)o2)n1Cc1ccccc1. The highest BCUT2D eigenvalue weighted by atomic mass is 79.9. The summed E-state index contributed by atoms with van der Waals surface area (Å²) in [5, 5.41) is 4.76. The topological polar surface area (TPSA) is 48.4 Å². The molecule has 0 saturated carbocycles. The Morgan fingerprint density at radius 1 is 1.08 bits per heavy atom. The van der Waals surface area contributed by atoms with Crippen molar-refractivity contribution in [2.45, 2.75) is 13.2 Å². The highest BCUT2D eigenvalue weighted by Crippen LogP contribution is 2.25. The molecule has 3 heterocycles. The summed E-state index contributed by atoms with van der Waals surface area (Å²) in [4.78, 5) is 2.29. The van der Waals surface area contributed by atoms with Gasteiger partial charge in [0.25, 0.3) is 0 Å². The maximum absolute atomic E-state index is 5.75. The van der Waals surface area contributed by atoms with Gasteiger partial charge in [-0.05, 0) is 45.8 Å². The molecule has 1 saturated heterocycles. The molecule has 1 aliphatic rings. The summed E-state index contributed by atoms with van der Waals surface area (Å²) in [5.41, 5.74) is 1.17. The van der Waals surface area contributed by atoms with Gasteiger partial charge in [0.05, 0.1) is 26.4 Å². The summed E-state index contributed by atoms with van der Waals surface area (Å²) >= 11 is 9.11. The Balaban J connectivity index is 1.70. The second kappa shape index (κ2) is 7.87. The van der Waals surface area contributed by atoms with Crippen molar-refractivity contribution in [1.82, 2.24) is 19.2 Å². The van der Waals surface area contributed by atoms with Crippen LogP contribution in [0.15, 0.2) is 51.6 Å². The molecule has 26 heavy (non-hydrogen) atoms. The average Bonchev–Trinajstić information content (AvgIpc) is 3.22. The number of benzene rings is 1. The molecule has 0 bridgehead atoms. The first-order valence-corrected chi connectivity index (χ1v) is 9.68. The third-order valence-electron chi connectivity index (χ3n) is 4.34. The fourth-order valence-corrected chi connectivity index (χ4v) is 3.55. The molecule has 1 fully saturated rings. The average molecular weight is 435 g/mol. The second-order valence-electron chi connectivity index (χ2n) is 6.15. The number of hydrogen-bond acceptors (Lipinski definition) is 5. The predicted molar refractivity (Wildman–Crippen MR) is 104 cm³/mol. The summed E-state index contributed by atoms with van der Waals surface area (Å²) < 4.78 is 16.4. The van der Waals surface area contributed by atoms with Crippen LogP contribution in [-0.4, -0.2) is 45.6 Å². The van der Waals surface area contributed by atoms with Crippen molar-refractivity contribution in [2.75, 3.05) is 26.3 Å². The molecule has 0 unspecified atom stereocenters. The lowest BCUT2D eigenvalue weighted by molar-refractivity contribution is 0.0209. The van der Waals surface area contributed by atoms with Crippen LogP contribution in [0.3, 0.4) is 0 Å². The van der Waals surface area contributed by atoms with Gasteiger partial charge in [-0.1, -0.05) is 30.3 Å². The number of morpholine rings is 1. The van der Waals surface area contributed by atoms with E-state index in [4.69, 9.17) is 26.5 Å². The number of furan rings is 1. The molecule has 0 radical (unpaired) electrons. The van der Waals surface area contributed by atoms with E-state index < -0.39 is 0 Å². The van der Waals surface area contributed by atoms with Gasteiger partial charge in [0.2, 0.25) is 0 Å². The Kier molecular flexibility index (Phi) is 5.35. The van der Waals surface area contributed by atoms with Crippen LogP contribution in [0.1, 0.15) is 5.56 Å². The number of aromatic nitrogens is 3. The Morgan fingerprint density at radius 3 is 2.54 bits per heavy atom. The lowest BCUT2D eigenvalue weighted by Crippen LogP contribution is -2.37. The molecule has 1 aromatic carbocycles. The van der Waals surface area contributed by atoms with E-state index in [0.717, 1.165) is 32.1 Å². The maximum Gasteiger partial charge on any atom is 0.199 e. The number of nitrogens with zero attached hydrogens (tertiary/aromatic N) is 4. The molecule has 0 spiro atoms. The molecule has 4 rings (SSSR count). The molecule has 6 nitrogen and oxygen atoms in total. The van der Waals surface area contributed by atoms with Crippen molar-refractivity contribution < 1.29 is 9.15 Å². The van der Waals surface area contributed by atoms with Crippen LogP contribution in [0.4, 0.5) is 0 Å². The van der Waals surface area contributed by atoms with E-state index >= 15 is 0 Å². The summed E-state index contributed by atoms with van der Waals surface area (Å²) in [6.45, 7) is 4.56. The monoisotopic (exact) mass is 434 g/mol. The number of hydrogen-bond donors (Lipinski definition) is 0. The van der Waals surface area contributed by atoms with Crippen molar-refractivity contribution in [2.24, 2.45) is 0 Å². The van der Waals surface area contributed by atoms with Crippen LogP contribution >= 0.6 is 28.1 Å².